The number of rotatable bonds is 5. The fourth-order valence-corrected chi connectivity index (χ4v) is 2.90. The molecule has 1 aromatic carbocycles. The van der Waals surface area contributed by atoms with Crippen LogP contribution < -0.4 is 0 Å². The molecule has 0 bridgehead atoms. The van der Waals surface area contributed by atoms with Crippen LogP contribution in [-0.2, 0) is 6.54 Å². The minimum atomic E-state index is -4.58. The van der Waals surface area contributed by atoms with Gasteiger partial charge >= 0.3 is 6.18 Å². The molecule has 2 rings (SSSR count). The quantitative estimate of drug-likeness (QED) is 0.568. The van der Waals surface area contributed by atoms with Gasteiger partial charge in [0.1, 0.15) is 6.54 Å². The summed E-state index contributed by atoms with van der Waals surface area (Å²) in [5, 5.41) is 13.7. The Morgan fingerprint density at radius 1 is 1.33 bits per heavy atom. The number of hydrogen-bond donors (Lipinski definition) is 0. The van der Waals surface area contributed by atoms with E-state index in [1.807, 2.05) is 0 Å². The van der Waals surface area contributed by atoms with E-state index in [-0.39, 0.29) is 22.8 Å². The van der Waals surface area contributed by atoms with E-state index in [4.69, 9.17) is 11.6 Å². The third-order valence-corrected chi connectivity index (χ3v) is 4.05. The summed E-state index contributed by atoms with van der Waals surface area (Å²) in [6.07, 6.45) is -4.58. The first-order valence-corrected chi connectivity index (χ1v) is 7.80. The number of benzene rings is 1. The standard InChI is InChI=1S/C14H10ClF3N2O3S/c15-12-5-10(20(22)23)1-2-11(12)13(21)19(8-14(16,17)18)6-9-3-4-24-7-9/h1-5,7H,6,8H2. The summed E-state index contributed by atoms with van der Waals surface area (Å²) < 4.78 is 38.3. The second-order valence-electron chi connectivity index (χ2n) is 4.83. The van der Waals surface area contributed by atoms with Crippen molar-refractivity contribution in [3.8, 4) is 0 Å². The Balaban J connectivity index is 2.31. The van der Waals surface area contributed by atoms with Crippen molar-refractivity contribution in [2.75, 3.05) is 6.54 Å². The van der Waals surface area contributed by atoms with Gasteiger partial charge in [0.15, 0.2) is 0 Å². The Bertz CT molecular complexity index is 750. The van der Waals surface area contributed by atoms with Crippen LogP contribution in [0.2, 0.25) is 5.02 Å². The molecule has 1 amide bonds. The molecule has 0 aliphatic rings. The van der Waals surface area contributed by atoms with Gasteiger partial charge in [0, 0.05) is 18.7 Å². The van der Waals surface area contributed by atoms with Crippen LogP contribution in [0, 0.1) is 10.1 Å². The molecular formula is C14H10ClF3N2O3S. The summed E-state index contributed by atoms with van der Waals surface area (Å²) in [7, 11) is 0. The lowest BCUT2D eigenvalue weighted by Gasteiger charge is -2.24. The van der Waals surface area contributed by atoms with Gasteiger partial charge in [-0.25, -0.2) is 0 Å². The zero-order chi connectivity index (χ0) is 17.9. The topological polar surface area (TPSA) is 63.4 Å². The first kappa shape index (κ1) is 18.2. The van der Waals surface area contributed by atoms with Crippen molar-refractivity contribution in [3.05, 3.63) is 61.3 Å². The molecule has 128 valence electrons. The number of nitro benzene ring substituents is 1. The van der Waals surface area contributed by atoms with Crippen LogP contribution in [0.3, 0.4) is 0 Å². The van der Waals surface area contributed by atoms with E-state index >= 15 is 0 Å². The Hall–Kier alpha value is -2.13. The van der Waals surface area contributed by atoms with Crippen molar-refractivity contribution in [1.29, 1.82) is 0 Å². The monoisotopic (exact) mass is 378 g/mol. The molecule has 10 heteroatoms. The fraction of sp³-hybridized carbons (Fsp3) is 0.214. The molecule has 1 aromatic heterocycles. The molecule has 2 aromatic rings. The number of non-ortho nitro benzene ring substituents is 1. The molecule has 0 atom stereocenters. The van der Waals surface area contributed by atoms with Crippen LogP contribution in [0.15, 0.2) is 35.0 Å². The molecule has 0 N–H and O–H groups in total. The summed E-state index contributed by atoms with van der Waals surface area (Å²) in [6, 6.07) is 4.62. The van der Waals surface area contributed by atoms with E-state index in [1.165, 1.54) is 11.3 Å². The van der Waals surface area contributed by atoms with Crippen molar-refractivity contribution >= 4 is 34.5 Å². The first-order valence-electron chi connectivity index (χ1n) is 6.48. The van der Waals surface area contributed by atoms with E-state index < -0.39 is 23.6 Å². The zero-order valence-corrected chi connectivity index (χ0v) is 13.5. The largest absolute Gasteiger partial charge is 0.406 e. The van der Waals surface area contributed by atoms with Gasteiger partial charge in [-0.05, 0) is 28.5 Å². The molecule has 0 radical (unpaired) electrons. The third-order valence-electron chi connectivity index (χ3n) is 3.00. The molecule has 0 unspecified atom stereocenters. The van der Waals surface area contributed by atoms with Crippen LogP contribution in [0.25, 0.3) is 0 Å². The lowest BCUT2D eigenvalue weighted by molar-refractivity contribution is -0.384. The van der Waals surface area contributed by atoms with Gasteiger partial charge in [-0.2, -0.15) is 24.5 Å². The zero-order valence-electron chi connectivity index (χ0n) is 11.9. The van der Waals surface area contributed by atoms with Gasteiger partial charge in [-0.3, -0.25) is 14.9 Å². The van der Waals surface area contributed by atoms with E-state index in [0.717, 1.165) is 18.2 Å². The summed E-state index contributed by atoms with van der Waals surface area (Å²) in [6.45, 7) is -1.69. The second-order valence-corrected chi connectivity index (χ2v) is 6.02. The highest BCUT2D eigenvalue weighted by Crippen LogP contribution is 2.26. The average molecular weight is 379 g/mol. The van der Waals surface area contributed by atoms with Crippen LogP contribution in [0.1, 0.15) is 15.9 Å². The average Bonchev–Trinajstić information content (AvgIpc) is 2.97. The summed E-state index contributed by atoms with van der Waals surface area (Å²) in [4.78, 5) is 23.0. The number of carbonyl (C=O) groups is 1. The highest BCUT2D eigenvalue weighted by Gasteiger charge is 2.34. The van der Waals surface area contributed by atoms with Crippen molar-refractivity contribution in [1.82, 2.24) is 4.90 Å². The molecule has 5 nitrogen and oxygen atoms in total. The van der Waals surface area contributed by atoms with Gasteiger partial charge < -0.3 is 4.90 Å². The maximum Gasteiger partial charge on any atom is 0.406 e. The summed E-state index contributed by atoms with van der Waals surface area (Å²) >= 11 is 7.13. The van der Waals surface area contributed by atoms with E-state index in [0.29, 0.717) is 10.5 Å². The van der Waals surface area contributed by atoms with Gasteiger partial charge in [0.2, 0.25) is 0 Å². The number of halogens is 4. The molecule has 0 aliphatic heterocycles. The van der Waals surface area contributed by atoms with Crippen LogP contribution in [0.4, 0.5) is 18.9 Å². The minimum absolute atomic E-state index is 0.221. The van der Waals surface area contributed by atoms with Crippen LogP contribution in [0.5, 0.6) is 0 Å². The lowest BCUT2D eigenvalue weighted by atomic mass is 10.1. The minimum Gasteiger partial charge on any atom is -0.325 e. The van der Waals surface area contributed by atoms with Gasteiger partial charge in [-0.1, -0.05) is 11.6 Å². The van der Waals surface area contributed by atoms with Crippen molar-refractivity contribution in [2.45, 2.75) is 12.7 Å². The third kappa shape index (κ3) is 4.68. The van der Waals surface area contributed by atoms with Crippen molar-refractivity contribution < 1.29 is 22.9 Å². The van der Waals surface area contributed by atoms with Gasteiger partial charge in [0.25, 0.3) is 11.6 Å². The molecule has 0 aliphatic carbocycles. The van der Waals surface area contributed by atoms with Crippen LogP contribution in [-0.4, -0.2) is 28.5 Å². The molecule has 0 spiro atoms. The van der Waals surface area contributed by atoms with E-state index in [2.05, 4.69) is 0 Å². The predicted molar refractivity (Wildman–Crippen MR) is 83.2 cm³/mol. The lowest BCUT2D eigenvalue weighted by Crippen LogP contribution is -2.38. The Kier molecular flexibility index (Phi) is 5.45. The number of thiophene rings is 1. The summed E-state index contributed by atoms with van der Waals surface area (Å²) in [5.74, 6) is -0.946. The highest BCUT2D eigenvalue weighted by molar-refractivity contribution is 7.07. The fourth-order valence-electron chi connectivity index (χ4n) is 1.98. The first-order chi connectivity index (χ1) is 11.2. The Labute approximate surface area is 143 Å². The number of nitrogens with zero attached hydrogens (tertiary/aromatic N) is 2. The number of alkyl halides is 3. The number of carbonyl (C=O) groups excluding carboxylic acids is 1. The molecule has 0 saturated heterocycles. The number of nitro groups is 1. The van der Waals surface area contributed by atoms with E-state index in [9.17, 15) is 28.1 Å². The molecule has 1 heterocycles. The normalized spacial score (nSPS) is 11.3. The maximum absolute atomic E-state index is 12.8. The Morgan fingerprint density at radius 3 is 2.54 bits per heavy atom. The predicted octanol–water partition coefficient (Wildman–Crippen LogP) is 4.51. The van der Waals surface area contributed by atoms with E-state index in [1.54, 1.807) is 16.8 Å². The van der Waals surface area contributed by atoms with Gasteiger partial charge in [0.05, 0.1) is 15.5 Å². The number of hydrogen-bond acceptors (Lipinski definition) is 4. The Morgan fingerprint density at radius 2 is 2.04 bits per heavy atom. The highest BCUT2D eigenvalue weighted by atomic mass is 35.5. The SMILES string of the molecule is O=C(c1ccc([N+](=O)[O-])cc1Cl)N(Cc1ccsc1)CC(F)(F)F. The molecule has 0 saturated carbocycles. The van der Waals surface area contributed by atoms with Crippen molar-refractivity contribution in [2.24, 2.45) is 0 Å². The smallest absolute Gasteiger partial charge is 0.325 e. The molecule has 0 fully saturated rings. The van der Waals surface area contributed by atoms with Gasteiger partial charge in [-0.15, -0.1) is 0 Å². The van der Waals surface area contributed by atoms with Crippen LogP contribution >= 0.6 is 22.9 Å². The summed E-state index contributed by atoms with van der Waals surface area (Å²) in [5.41, 5.74) is -0.0193. The molecule has 24 heavy (non-hydrogen) atoms. The number of amides is 1. The molecular weight excluding hydrogens is 369 g/mol. The maximum atomic E-state index is 12.8. The van der Waals surface area contributed by atoms with Crippen molar-refractivity contribution in [3.63, 3.8) is 0 Å². The second kappa shape index (κ2) is 7.18.